The molecule has 90 valence electrons. The zero-order valence-electron chi connectivity index (χ0n) is 7.80. The quantitative estimate of drug-likeness (QED) is 0.871. The molecule has 1 rings (SSSR count). The number of rotatable bonds is 2. The SMILES string of the molecule is N[C@@H](c1ccc(Cl)c(Cl)c1)[C@H](O)C(F)(F)F. The number of nitrogens with two attached hydrogens (primary N) is 1. The van der Waals surface area contributed by atoms with Crippen LogP contribution < -0.4 is 5.73 Å². The van der Waals surface area contributed by atoms with Crippen molar-refractivity contribution in [2.24, 2.45) is 5.73 Å². The van der Waals surface area contributed by atoms with Gasteiger partial charge in [0.05, 0.1) is 16.1 Å². The molecule has 2 atom stereocenters. The van der Waals surface area contributed by atoms with Gasteiger partial charge in [-0.25, -0.2) is 0 Å². The molecule has 0 aliphatic carbocycles. The lowest BCUT2D eigenvalue weighted by Crippen LogP contribution is -2.38. The molecule has 0 saturated carbocycles. The predicted octanol–water partition coefficient (Wildman–Crippen LogP) is 2.92. The molecule has 1 aromatic carbocycles. The summed E-state index contributed by atoms with van der Waals surface area (Å²) < 4.78 is 36.5. The third kappa shape index (κ3) is 3.01. The van der Waals surface area contributed by atoms with Gasteiger partial charge >= 0.3 is 6.18 Å². The lowest BCUT2D eigenvalue weighted by Gasteiger charge is -2.21. The van der Waals surface area contributed by atoms with Crippen molar-refractivity contribution in [1.82, 2.24) is 0 Å². The number of hydrogen-bond acceptors (Lipinski definition) is 2. The van der Waals surface area contributed by atoms with Crippen molar-refractivity contribution in [3.8, 4) is 0 Å². The summed E-state index contributed by atoms with van der Waals surface area (Å²) in [5.41, 5.74) is 5.34. The fraction of sp³-hybridized carbons (Fsp3) is 0.333. The second kappa shape index (κ2) is 4.79. The van der Waals surface area contributed by atoms with Gasteiger partial charge in [0.25, 0.3) is 0 Å². The first-order valence-corrected chi connectivity index (χ1v) is 4.94. The average Bonchev–Trinajstić information content (AvgIpc) is 2.18. The Morgan fingerprint density at radius 3 is 2.19 bits per heavy atom. The van der Waals surface area contributed by atoms with Crippen LogP contribution in [0.4, 0.5) is 13.2 Å². The van der Waals surface area contributed by atoms with Crippen molar-refractivity contribution >= 4 is 23.2 Å². The van der Waals surface area contributed by atoms with Crippen LogP contribution in [0.1, 0.15) is 11.6 Å². The fourth-order valence-electron chi connectivity index (χ4n) is 1.11. The Morgan fingerprint density at radius 2 is 1.75 bits per heavy atom. The molecule has 0 aromatic heterocycles. The van der Waals surface area contributed by atoms with Crippen LogP contribution in [0.2, 0.25) is 10.0 Å². The van der Waals surface area contributed by atoms with Gasteiger partial charge in [0.2, 0.25) is 0 Å². The van der Waals surface area contributed by atoms with Gasteiger partial charge in [0.1, 0.15) is 0 Å². The Kier molecular flexibility index (Phi) is 4.07. The molecule has 3 N–H and O–H groups in total. The topological polar surface area (TPSA) is 46.2 Å². The summed E-state index contributed by atoms with van der Waals surface area (Å²) in [4.78, 5) is 0. The largest absolute Gasteiger partial charge is 0.416 e. The Balaban J connectivity index is 2.97. The smallest absolute Gasteiger partial charge is 0.382 e. The highest BCUT2D eigenvalue weighted by Crippen LogP contribution is 2.31. The molecule has 0 saturated heterocycles. The third-order valence-electron chi connectivity index (χ3n) is 2.00. The summed E-state index contributed by atoms with van der Waals surface area (Å²) in [6.07, 6.45) is -7.41. The van der Waals surface area contributed by atoms with Gasteiger partial charge in [-0.15, -0.1) is 0 Å². The molecule has 0 aliphatic rings. The molecule has 1 aromatic rings. The maximum atomic E-state index is 12.2. The van der Waals surface area contributed by atoms with Gasteiger partial charge in [0, 0.05) is 0 Å². The minimum atomic E-state index is -4.77. The van der Waals surface area contributed by atoms with Crippen LogP contribution in [0.3, 0.4) is 0 Å². The normalized spacial score (nSPS) is 15.9. The summed E-state index contributed by atoms with van der Waals surface area (Å²) in [5, 5.41) is 9.24. The van der Waals surface area contributed by atoms with E-state index in [0.29, 0.717) is 0 Å². The molecular formula is C9H8Cl2F3NO. The molecule has 7 heteroatoms. The van der Waals surface area contributed by atoms with Crippen LogP contribution in [0.25, 0.3) is 0 Å². The molecule has 16 heavy (non-hydrogen) atoms. The number of benzene rings is 1. The zero-order chi connectivity index (χ0) is 12.5. The molecule has 0 unspecified atom stereocenters. The highest BCUT2D eigenvalue weighted by Gasteiger charge is 2.42. The number of aliphatic hydroxyl groups excluding tert-OH is 1. The van der Waals surface area contributed by atoms with Crippen molar-refractivity contribution in [3.63, 3.8) is 0 Å². The van der Waals surface area contributed by atoms with Crippen LogP contribution in [0.5, 0.6) is 0 Å². The van der Waals surface area contributed by atoms with Crippen molar-refractivity contribution in [2.75, 3.05) is 0 Å². The third-order valence-corrected chi connectivity index (χ3v) is 2.74. The lowest BCUT2D eigenvalue weighted by molar-refractivity contribution is -0.210. The number of hydrogen-bond donors (Lipinski definition) is 2. The minimum Gasteiger partial charge on any atom is -0.382 e. The Labute approximate surface area is 99.8 Å². The first kappa shape index (κ1) is 13.6. The van der Waals surface area contributed by atoms with Crippen molar-refractivity contribution in [2.45, 2.75) is 18.3 Å². The van der Waals surface area contributed by atoms with Gasteiger partial charge < -0.3 is 10.8 Å². The molecule has 0 fully saturated rings. The summed E-state index contributed by atoms with van der Waals surface area (Å²) in [7, 11) is 0. The van der Waals surface area contributed by atoms with Crippen molar-refractivity contribution in [1.29, 1.82) is 0 Å². The maximum Gasteiger partial charge on any atom is 0.416 e. The van der Waals surface area contributed by atoms with E-state index in [1.807, 2.05) is 0 Å². The van der Waals surface area contributed by atoms with E-state index in [0.717, 1.165) is 0 Å². The number of alkyl halides is 3. The molecule has 0 aliphatic heterocycles. The van der Waals surface area contributed by atoms with Crippen molar-refractivity contribution in [3.05, 3.63) is 33.8 Å². The molecule has 0 bridgehead atoms. The van der Waals surface area contributed by atoms with Crippen LogP contribution in [-0.4, -0.2) is 17.4 Å². The van der Waals surface area contributed by atoms with E-state index in [9.17, 15) is 13.2 Å². The minimum absolute atomic E-state index is 0.0687. The molecule has 0 amide bonds. The first-order chi connectivity index (χ1) is 7.23. The highest BCUT2D eigenvalue weighted by atomic mass is 35.5. The first-order valence-electron chi connectivity index (χ1n) is 4.19. The van der Waals surface area contributed by atoms with E-state index >= 15 is 0 Å². The average molecular weight is 274 g/mol. The van der Waals surface area contributed by atoms with Gasteiger partial charge in [-0.1, -0.05) is 29.3 Å². The van der Waals surface area contributed by atoms with Crippen LogP contribution in [0, 0.1) is 0 Å². The Morgan fingerprint density at radius 1 is 1.19 bits per heavy atom. The highest BCUT2D eigenvalue weighted by molar-refractivity contribution is 6.42. The van der Waals surface area contributed by atoms with E-state index in [1.165, 1.54) is 18.2 Å². The second-order valence-corrected chi connectivity index (χ2v) is 4.00. The standard InChI is InChI=1S/C9H8Cl2F3NO/c10-5-2-1-4(3-6(5)11)7(15)8(16)9(12,13)14/h1-3,7-8,16H,15H2/t7-,8-/m0/s1. The summed E-state index contributed by atoms with van der Waals surface area (Å²) >= 11 is 11.2. The molecular weight excluding hydrogens is 266 g/mol. The lowest BCUT2D eigenvalue weighted by atomic mass is 10.0. The van der Waals surface area contributed by atoms with Crippen LogP contribution in [0.15, 0.2) is 18.2 Å². The number of aliphatic hydroxyl groups is 1. The molecule has 0 heterocycles. The zero-order valence-corrected chi connectivity index (χ0v) is 9.31. The summed E-state index contributed by atoms with van der Waals surface area (Å²) in [5.74, 6) is 0. The van der Waals surface area contributed by atoms with E-state index in [-0.39, 0.29) is 15.6 Å². The van der Waals surface area contributed by atoms with Crippen LogP contribution in [-0.2, 0) is 0 Å². The molecule has 0 radical (unpaired) electrons. The molecule has 2 nitrogen and oxygen atoms in total. The Hall–Kier alpha value is -0.490. The van der Waals surface area contributed by atoms with E-state index in [4.69, 9.17) is 34.0 Å². The van der Waals surface area contributed by atoms with E-state index in [2.05, 4.69) is 0 Å². The fourth-order valence-corrected chi connectivity index (χ4v) is 1.41. The van der Waals surface area contributed by atoms with Gasteiger partial charge in [-0.3, -0.25) is 0 Å². The molecule has 0 spiro atoms. The summed E-state index contributed by atoms with van der Waals surface area (Å²) in [6.45, 7) is 0. The van der Waals surface area contributed by atoms with Gasteiger partial charge in [-0.2, -0.15) is 13.2 Å². The maximum absolute atomic E-state index is 12.2. The van der Waals surface area contributed by atoms with Crippen molar-refractivity contribution < 1.29 is 18.3 Å². The van der Waals surface area contributed by atoms with E-state index < -0.39 is 18.3 Å². The van der Waals surface area contributed by atoms with E-state index in [1.54, 1.807) is 0 Å². The Bertz CT molecular complexity index is 384. The number of halogens is 5. The predicted molar refractivity (Wildman–Crippen MR) is 55.5 cm³/mol. The van der Waals surface area contributed by atoms with Gasteiger partial charge in [-0.05, 0) is 17.7 Å². The van der Waals surface area contributed by atoms with Crippen LogP contribution >= 0.6 is 23.2 Å². The summed E-state index contributed by atoms with van der Waals surface area (Å²) in [6, 6.07) is 2.22. The second-order valence-electron chi connectivity index (χ2n) is 3.19. The van der Waals surface area contributed by atoms with Gasteiger partial charge in [0.15, 0.2) is 6.10 Å². The monoisotopic (exact) mass is 273 g/mol.